The molecule has 1 aliphatic rings. The molecule has 0 fully saturated rings. The predicted molar refractivity (Wildman–Crippen MR) is 133 cm³/mol. The van der Waals surface area contributed by atoms with E-state index in [-0.39, 0.29) is 0 Å². The molecule has 8 heteroatoms. The number of ether oxygens (including phenoxy) is 3. The zero-order chi connectivity index (χ0) is 25.3. The number of aryl methyl sites for hydroxylation is 1. The van der Waals surface area contributed by atoms with Crippen molar-refractivity contribution in [3.8, 4) is 11.5 Å². The molecule has 35 heavy (non-hydrogen) atoms. The number of rotatable bonds is 5. The number of methoxy groups -OCH3 is 2. The Morgan fingerprint density at radius 2 is 1.49 bits per heavy atom. The van der Waals surface area contributed by atoms with E-state index in [1.165, 1.54) is 14.2 Å². The van der Waals surface area contributed by atoms with Gasteiger partial charge in [0.05, 0.1) is 36.8 Å². The van der Waals surface area contributed by atoms with E-state index in [4.69, 9.17) is 25.8 Å². The van der Waals surface area contributed by atoms with Gasteiger partial charge in [0.1, 0.15) is 16.7 Å². The summed E-state index contributed by atoms with van der Waals surface area (Å²) in [6.07, 6.45) is 0. The molecule has 0 bridgehead atoms. The van der Waals surface area contributed by atoms with E-state index in [9.17, 15) is 9.59 Å². The highest BCUT2D eigenvalue weighted by Gasteiger charge is 2.37. The maximum absolute atomic E-state index is 12.7. The van der Waals surface area contributed by atoms with Crippen molar-refractivity contribution in [3.05, 3.63) is 87.4 Å². The first-order valence-corrected chi connectivity index (χ1v) is 11.3. The number of aromatic nitrogens is 1. The third-order valence-electron chi connectivity index (χ3n) is 5.91. The van der Waals surface area contributed by atoms with Crippen molar-refractivity contribution in [3.63, 3.8) is 0 Å². The van der Waals surface area contributed by atoms with Crippen molar-refractivity contribution in [2.24, 2.45) is 0 Å². The summed E-state index contributed by atoms with van der Waals surface area (Å²) in [4.78, 5) is 29.7. The van der Waals surface area contributed by atoms with Gasteiger partial charge in [0, 0.05) is 22.8 Å². The van der Waals surface area contributed by atoms with Crippen molar-refractivity contribution in [2.75, 3.05) is 14.2 Å². The van der Waals surface area contributed by atoms with Gasteiger partial charge in [-0.25, -0.2) is 14.6 Å². The molecule has 0 amide bonds. The van der Waals surface area contributed by atoms with Crippen molar-refractivity contribution in [1.82, 2.24) is 10.3 Å². The summed E-state index contributed by atoms with van der Waals surface area (Å²) in [5.74, 6) is -0.572. The number of nitrogens with zero attached hydrogens (tertiary/aromatic N) is 1. The minimum Gasteiger partial charge on any atom is -0.466 e. The Hall–Kier alpha value is -3.84. The Labute approximate surface area is 208 Å². The summed E-state index contributed by atoms with van der Waals surface area (Å²) in [5.41, 5.74) is 4.43. The van der Waals surface area contributed by atoms with Crippen LogP contribution >= 0.6 is 11.6 Å². The van der Waals surface area contributed by atoms with Crippen LogP contribution in [0.1, 0.15) is 30.9 Å². The third kappa shape index (κ3) is 4.72. The molecule has 4 rings (SSSR count). The van der Waals surface area contributed by atoms with Gasteiger partial charge >= 0.3 is 11.9 Å². The molecular formula is C27H25ClN2O5. The minimum absolute atomic E-state index is 0.328. The molecule has 2 aromatic carbocycles. The number of carbonyl (C=O) groups is 2. The van der Waals surface area contributed by atoms with Crippen LogP contribution in [-0.2, 0) is 19.1 Å². The second-order valence-corrected chi connectivity index (χ2v) is 8.64. The van der Waals surface area contributed by atoms with Gasteiger partial charge in [-0.15, -0.1) is 0 Å². The Morgan fingerprint density at radius 3 is 2.06 bits per heavy atom. The number of pyridine rings is 1. The highest BCUT2D eigenvalue weighted by Crippen LogP contribution is 2.40. The molecular weight excluding hydrogens is 468 g/mol. The van der Waals surface area contributed by atoms with Gasteiger partial charge in [0.25, 0.3) is 0 Å². The molecule has 3 aromatic rings. The summed E-state index contributed by atoms with van der Waals surface area (Å²) in [7, 11) is 2.62. The largest absolute Gasteiger partial charge is 0.466 e. The zero-order valence-electron chi connectivity index (χ0n) is 20.1. The average molecular weight is 493 g/mol. The summed E-state index contributed by atoms with van der Waals surface area (Å²) in [6.45, 7) is 5.54. The molecule has 0 aliphatic carbocycles. The summed E-state index contributed by atoms with van der Waals surface area (Å²) >= 11 is 6.21. The molecule has 2 heterocycles. The molecule has 1 aliphatic heterocycles. The van der Waals surface area contributed by atoms with E-state index in [0.717, 1.165) is 16.5 Å². The standard InChI is InChI=1S/C27H25ClN2O5/c1-14-6-11-20-19(12-14)21(13-22(28)30-20)35-18-9-7-17(8-10-18)25-23(26(31)33-4)15(2)29-16(3)24(25)27(32)34-5/h6-13,25,29H,1-5H3. The first-order chi connectivity index (χ1) is 16.7. The lowest BCUT2D eigenvalue weighted by atomic mass is 9.80. The van der Waals surface area contributed by atoms with Gasteiger partial charge in [-0.3, -0.25) is 0 Å². The summed E-state index contributed by atoms with van der Waals surface area (Å²) in [6, 6.07) is 14.7. The maximum atomic E-state index is 12.7. The maximum Gasteiger partial charge on any atom is 0.336 e. The minimum atomic E-state index is -0.663. The van der Waals surface area contributed by atoms with Crippen molar-refractivity contribution in [2.45, 2.75) is 26.7 Å². The number of allylic oxidation sites excluding steroid dienone is 2. The van der Waals surface area contributed by atoms with Gasteiger partial charge in [0.15, 0.2) is 0 Å². The van der Waals surface area contributed by atoms with E-state index in [1.54, 1.807) is 32.0 Å². The zero-order valence-corrected chi connectivity index (χ0v) is 20.8. The molecule has 0 saturated heterocycles. The fourth-order valence-corrected chi connectivity index (χ4v) is 4.50. The first-order valence-electron chi connectivity index (χ1n) is 10.9. The Balaban J connectivity index is 1.74. The lowest BCUT2D eigenvalue weighted by Gasteiger charge is -2.30. The second kappa shape index (κ2) is 9.80. The van der Waals surface area contributed by atoms with Gasteiger partial charge in [0.2, 0.25) is 0 Å². The van der Waals surface area contributed by atoms with Crippen LogP contribution in [-0.4, -0.2) is 31.1 Å². The van der Waals surface area contributed by atoms with E-state index >= 15 is 0 Å². The van der Waals surface area contributed by atoms with Gasteiger partial charge < -0.3 is 19.5 Å². The first kappa shape index (κ1) is 24.3. The highest BCUT2D eigenvalue weighted by atomic mass is 35.5. The quantitative estimate of drug-likeness (QED) is 0.368. The van der Waals surface area contributed by atoms with Gasteiger partial charge in [-0.05, 0) is 50.6 Å². The number of dihydropyridines is 1. The molecule has 1 N–H and O–H groups in total. The fourth-order valence-electron chi connectivity index (χ4n) is 4.31. The van der Waals surface area contributed by atoms with Gasteiger partial charge in [-0.2, -0.15) is 0 Å². The van der Waals surface area contributed by atoms with Gasteiger partial charge in [-0.1, -0.05) is 35.4 Å². The lowest BCUT2D eigenvalue weighted by Crippen LogP contribution is -2.32. The Bertz CT molecular complexity index is 1350. The van der Waals surface area contributed by atoms with Crippen LogP contribution in [0.4, 0.5) is 0 Å². The summed E-state index contributed by atoms with van der Waals surface area (Å²) in [5, 5.41) is 4.27. The van der Waals surface area contributed by atoms with Crippen LogP contribution in [0.15, 0.2) is 71.1 Å². The molecule has 180 valence electrons. The predicted octanol–water partition coefficient (Wildman–Crippen LogP) is 5.57. The number of hydrogen-bond donors (Lipinski definition) is 1. The van der Waals surface area contributed by atoms with Crippen molar-refractivity contribution < 1.29 is 23.8 Å². The van der Waals surface area contributed by atoms with Crippen molar-refractivity contribution in [1.29, 1.82) is 0 Å². The summed E-state index contributed by atoms with van der Waals surface area (Å²) < 4.78 is 16.2. The smallest absolute Gasteiger partial charge is 0.336 e. The van der Waals surface area contributed by atoms with Crippen LogP contribution in [0.25, 0.3) is 10.9 Å². The number of hydrogen-bond acceptors (Lipinski definition) is 7. The third-order valence-corrected chi connectivity index (χ3v) is 6.10. The molecule has 0 radical (unpaired) electrons. The van der Waals surface area contributed by atoms with E-state index in [2.05, 4.69) is 10.3 Å². The monoisotopic (exact) mass is 492 g/mol. The topological polar surface area (TPSA) is 86.8 Å². The normalized spacial score (nSPS) is 14.1. The van der Waals surface area contributed by atoms with E-state index < -0.39 is 17.9 Å². The molecule has 0 unspecified atom stereocenters. The number of fused-ring (bicyclic) bond motifs is 1. The number of esters is 2. The van der Waals surface area contributed by atoms with Crippen LogP contribution in [0.3, 0.4) is 0 Å². The SMILES string of the molecule is COC(=O)C1=C(C)NC(C)=C(C(=O)OC)C1c1ccc(Oc2cc(Cl)nc3ccc(C)cc23)cc1. The molecule has 7 nitrogen and oxygen atoms in total. The fraction of sp³-hybridized carbons (Fsp3) is 0.222. The van der Waals surface area contributed by atoms with E-state index in [1.807, 2.05) is 37.3 Å². The van der Waals surface area contributed by atoms with Crippen molar-refractivity contribution >= 4 is 34.4 Å². The highest BCUT2D eigenvalue weighted by molar-refractivity contribution is 6.30. The number of benzene rings is 2. The second-order valence-electron chi connectivity index (χ2n) is 8.25. The number of carbonyl (C=O) groups excluding carboxylic acids is 2. The van der Waals surface area contributed by atoms with Crippen LogP contribution in [0.5, 0.6) is 11.5 Å². The van der Waals surface area contributed by atoms with E-state index in [0.29, 0.717) is 44.8 Å². The molecule has 1 aromatic heterocycles. The number of halogens is 1. The van der Waals surface area contributed by atoms with Crippen LogP contribution < -0.4 is 10.1 Å². The molecule has 0 spiro atoms. The Kier molecular flexibility index (Phi) is 6.80. The molecule has 0 atom stereocenters. The number of nitrogens with one attached hydrogen (secondary N) is 1. The van der Waals surface area contributed by atoms with Crippen LogP contribution in [0, 0.1) is 6.92 Å². The lowest BCUT2D eigenvalue weighted by molar-refractivity contribution is -0.137. The Morgan fingerprint density at radius 1 is 0.886 bits per heavy atom. The molecule has 0 saturated carbocycles. The average Bonchev–Trinajstić information content (AvgIpc) is 2.83. The van der Waals surface area contributed by atoms with Crippen LogP contribution in [0.2, 0.25) is 5.15 Å².